The van der Waals surface area contributed by atoms with Gasteiger partial charge in [-0.25, -0.2) is 4.79 Å². The molecule has 2 aromatic carbocycles. The SMILES string of the molecule is C=C(C)C(=O)OCCc1cc(-c2ccc(C)cc2C)ccc1CCCN. The summed E-state index contributed by atoms with van der Waals surface area (Å²) in [4.78, 5) is 11.6. The topological polar surface area (TPSA) is 52.3 Å². The van der Waals surface area contributed by atoms with Gasteiger partial charge in [-0.1, -0.05) is 48.5 Å². The maximum atomic E-state index is 11.6. The number of rotatable bonds is 8. The molecule has 0 heterocycles. The summed E-state index contributed by atoms with van der Waals surface area (Å²) in [6.45, 7) is 10.6. The molecule has 3 heteroatoms. The Morgan fingerprint density at radius 3 is 2.50 bits per heavy atom. The molecule has 0 saturated carbocycles. The molecule has 3 nitrogen and oxygen atoms in total. The second kappa shape index (κ2) is 9.35. The van der Waals surface area contributed by atoms with Crippen molar-refractivity contribution in [2.75, 3.05) is 13.2 Å². The summed E-state index contributed by atoms with van der Waals surface area (Å²) in [6, 6.07) is 13.1. The van der Waals surface area contributed by atoms with E-state index in [1.165, 1.54) is 33.4 Å². The van der Waals surface area contributed by atoms with Crippen LogP contribution in [0.25, 0.3) is 11.1 Å². The Hall–Kier alpha value is -2.39. The molecule has 26 heavy (non-hydrogen) atoms. The number of hydrogen-bond donors (Lipinski definition) is 1. The van der Waals surface area contributed by atoms with Crippen LogP contribution in [0.5, 0.6) is 0 Å². The molecule has 0 radical (unpaired) electrons. The molecule has 2 aromatic rings. The van der Waals surface area contributed by atoms with Crippen molar-refractivity contribution in [1.29, 1.82) is 0 Å². The Balaban J connectivity index is 2.26. The summed E-state index contributed by atoms with van der Waals surface area (Å²) in [7, 11) is 0. The van der Waals surface area contributed by atoms with E-state index >= 15 is 0 Å². The van der Waals surface area contributed by atoms with Gasteiger partial charge in [0, 0.05) is 12.0 Å². The summed E-state index contributed by atoms with van der Waals surface area (Å²) >= 11 is 0. The van der Waals surface area contributed by atoms with Gasteiger partial charge in [0.2, 0.25) is 0 Å². The van der Waals surface area contributed by atoms with Gasteiger partial charge in [-0.2, -0.15) is 0 Å². The van der Waals surface area contributed by atoms with Crippen LogP contribution in [-0.4, -0.2) is 19.1 Å². The first-order valence-electron chi connectivity index (χ1n) is 9.14. The van der Waals surface area contributed by atoms with Gasteiger partial charge in [0.1, 0.15) is 0 Å². The zero-order chi connectivity index (χ0) is 19.1. The van der Waals surface area contributed by atoms with E-state index in [1.807, 2.05) is 0 Å². The molecular formula is C23H29NO2. The van der Waals surface area contributed by atoms with Gasteiger partial charge in [-0.15, -0.1) is 0 Å². The van der Waals surface area contributed by atoms with Crippen LogP contribution >= 0.6 is 0 Å². The first kappa shape index (κ1) is 19.9. The standard InChI is InChI=1S/C23H29NO2/c1-16(2)23(25)26-13-11-20-15-21(9-8-19(20)6-5-12-24)22-10-7-17(3)14-18(22)4/h7-10,14-15H,1,5-6,11-13,24H2,2-4H3. The van der Waals surface area contributed by atoms with Crippen molar-refractivity contribution in [3.8, 4) is 11.1 Å². The molecule has 0 atom stereocenters. The molecule has 0 unspecified atom stereocenters. The minimum Gasteiger partial charge on any atom is -0.462 e. The van der Waals surface area contributed by atoms with E-state index in [4.69, 9.17) is 10.5 Å². The minimum absolute atomic E-state index is 0.334. The van der Waals surface area contributed by atoms with Crippen molar-refractivity contribution in [2.24, 2.45) is 5.73 Å². The van der Waals surface area contributed by atoms with E-state index in [2.05, 4.69) is 56.8 Å². The third-order valence-corrected chi connectivity index (χ3v) is 4.50. The number of carbonyl (C=O) groups is 1. The molecule has 0 aromatic heterocycles. The van der Waals surface area contributed by atoms with Crippen LogP contribution in [-0.2, 0) is 22.4 Å². The number of nitrogens with two attached hydrogens (primary N) is 1. The number of esters is 1. The zero-order valence-corrected chi connectivity index (χ0v) is 16.1. The van der Waals surface area contributed by atoms with E-state index in [-0.39, 0.29) is 5.97 Å². The monoisotopic (exact) mass is 351 g/mol. The molecule has 0 aliphatic rings. The van der Waals surface area contributed by atoms with Crippen molar-refractivity contribution < 1.29 is 9.53 Å². The van der Waals surface area contributed by atoms with Crippen LogP contribution in [0.15, 0.2) is 48.6 Å². The fraction of sp³-hybridized carbons (Fsp3) is 0.348. The molecule has 0 bridgehead atoms. The van der Waals surface area contributed by atoms with E-state index in [1.54, 1.807) is 6.92 Å². The van der Waals surface area contributed by atoms with E-state index in [0.717, 1.165) is 12.8 Å². The van der Waals surface area contributed by atoms with Crippen LogP contribution in [0.1, 0.15) is 35.6 Å². The van der Waals surface area contributed by atoms with E-state index in [0.29, 0.717) is 25.1 Å². The first-order chi connectivity index (χ1) is 12.4. The summed E-state index contributed by atoms with van der Waals surface area (Å²) in [5.41, 5.74) is 13.5. The number of aryl methyl sites for hydroxylation is 3. The highest BCUT2D eigenvalue weighted by Crippen LogP contribution is 2.27. The Bertz CT molecular complexity index is 793. The van der Waals surface area contributed by atoms with Gasteiger partial charge >= 0.3 is 5.97 Å². The Labute approximate surface area is 156 Å². The maximum absolute atomic E-state index is 11.6. The highest BCUT2D eigenvalue weighted by Gasteiger charge is 2.09. The second-order valence-electron chi connectivity index (χ2n) is 6.86. The van der Waals surface area contributed by atoms with Crippen LogP contribution in [0.4, 0.5) is 0 Å². The lowest BCUT2D eigenvalue weighted by molar-refractivity contribution is -0.138. The smallest absolute Gasteiger partial charge is 0.333 e. The summed E-state index contributed by atoms with van der Waals surface area (Å²) in [5, 5.41) is 0. The lowest BCUT2D eigenvalue weighted by atomic mass is 9.93. The lowest BCUT2D eigenvalue weighted by Crippen LogP contribution is -2.10. The highest BCUT2D eigenvalue weighted by molar-refractivity contribution is 5.86. The van der Waals surface area contributed by atoms with Gasteiger partial charge in [-0.05, 0) is 68.0 Å². The number of carbonyl (C=O) groups excluding carboxylic acids is 1. The number of hydrogen-bond acceptors (Lipinski definition) is 3. The highest BCUT2D eigenvalue weighted by atomic mass is 16.5. The van der Waals surface area contributed by atoms with Crippen molar-refractivity contribution >= 4 is 5.97 Å². The molecule has 2 N–H and O–H groups in total. The van der Waals surface area contributed by atoms with Gasteiger partial charge < -0.3 is 10.5 Å². The average molecular weight is 351 g/mol. The summed E-state index contributed by atoms with van der Waals surface area (Å²) < 4.78 is 5.29. The van der Waals surface area contributed by atoms with Crippen molar-refractivity contribution in [3.05, 3.63) is 70.8 Å². The first-order valence-corrected chi connectivity index (χ1v) is 9.14. The predicted molar refractivity (Wildman–Crippen MR) is 108 cm³/mol. The minimum atomic E-state index is -0.334. The molecule has 0 aliphatic heterocycles. The maximum Gasteiger partial charge on any atom is 0.333 e. The quantitative estimate of drug-likeness (QED) is 0.562. The fourth-order valence-electron chi connectivity index (χ4n) is 3.08. The largest absolute Gasteiger partial charge is 0.462 e. The van der Waals surface area contributed by atoms with Crippen molar-refractivity contribution in [1.82, 2.24) is 0 Å². The molecule has 138 valence electrons. The van der Waals surface area contributed by atoms with Crippen molar-refractivity contribution in [2.45, 2.75) is 40.0 Å². The third-order valence-electron chi connectivity index (χ3n) is 4.50. The zero-order valence-electron chi connectivity index (χ0n) is 16.1. The normalized spacial score (nSPS) is 10.6. The summed E-state index contributed by atoms with van der Waals surface area (Å²) in [6.07, 6.45) is 2.58. The second-order valence-corrected chi connectivity index (χ2v) is 6.86. The number of ether oxygens (including phenoxy) is 1. The molecule has 0 fully saturated rings. The van der Waals surface area contributed by atoms with Crippen LogP contribution in [0, 0.1) is 13.8 Å². The lowest BCUT2D eigenvalue weighted by Gasteiger charge is -2.14. The summed E-state index contributed by atoms with van der Waals surface area (Å²) in [5.74, 6) is -0.334. The van der Waals surface area contributed by atoms with Gasteiger partial charge in [0.15, 0.2) is 0 Å². The van der Waals surface area contributed by atoms with Gasteiger partial charge in [0.25, 0.3) is 0 Å². The molecule has 0 amide bonds. The predicted octanol–water partition coefficient (Wildman–Crippen LogP) is 4.52. The van der Waals surface area contributed by atoms with Crippen LogP contribution in [0.2, 0.25) is 0 Å². The van der Waals surface area contributed by atoms with E-state index in [9.17, 15) is 4.79 Å². The Morgan fingerprint density at radius 1 is 1.08 bits per heavy atom. The average Bonchev–Trinajstić information content (AvgIpc) is 2.60. The molecule has 2 rings (SSSR count). The molecule has 0 saturated heterocycles. The Kier molecular flexibility index (Phi) is 7.16. The third kappa shape index (κ3) is 5.30. The molecular weight excluding hydrogens is 322 g/mol. The van der Waals surface area contributed by atoms with Crippen molar-refractivity contribution in [3.63, 3.8) is 0 Å². The van der Waals surface area contributed by atoms with Crippen LogP contribution in [0.3, 0.4) is 0 Å². The van der Waals surface area contributed by atoms with Crippen LogP contribution < -0.4 is 5.73 Å². The molecule has 0 spiro atoms. The van der Waals surface area contributed by atoms with E-state index < -0.39 is 0 Å². The number of benzene rings is 2. The molecule has 0 aliphatic carbocycles. The fourth-order valence-corrected chi connectivity index (χ4v) is 3.08. The Morgan fingerprint density at radius 2 is 1.85 bits per heavy atom. The van der Waals surface area contributed by atoms with Gasteiger partial charge in [0.05, 0.1) is 6.61 Å². The van der Waals surface area contributed by atoms with Gasteiger partial charge in [-0.3, -0.25) is 0 Å².